The molecule has 9 nitrogen and oxygen atoms in total. The molecule has 0 amide bonds. The molecular formula is C55H74N4O5. The molecule has 0 aromatic rings. The zero-order valence-corrected chi connectivity index (χ0v) is 40.7. The quantitative estimate of drug-likeness (QED) is 0.0714. The van der Waals surface area contributed by atoms with Gasteiger partial charge in [0.25, 0.3) is 0 Å². The van der Waals surface area contributed by atoms with Gasteiger partial charge in [0.15, 0.2) is 0 Å². The highest BCUT2D eigenvalue weighted by Gasteiger charge is 2.49. The third kappa shape index (κ3) is 10.6. The molecular weight excluding hydrogens is 799 g/mol. The molecule has 5 heterocycles. The van der Waals surface area contributed by atoms with Crippen LogP contribution in [0.2, 0.25) is 0 Å². The fraction of sp³-hybridized carbons (Fsp3) is 0.545. The number of ether oxygens (including phenoxy) is 2. The number of aliphatic imine (C=N–C) groups is 3. The number of methoxy groups -OCH3 is 1. The fourth-order valence-electron chi connectivity index (χ4n) is 10.2. The maximum Gasteiger partial charge on any atom is 0.321 e. The van der Waals surface area contributed by atoms with Crippen LogP contribution in [-0.4, -0.2) is 47.9 Å². The molecule has 8 bridgehead atoms. The Kier molecular flexibility index (Phi) is 16.1. The molecule has 6 aliphatic rings. The minimum atomic E-state index is -1.08. The highest BCUT2D eigenvalue weighted by atomic mass is 18.2. The van der Waals surface area contributed by atoms with Gasteiger partial charge in [-0.1, -0.05) is 105 Å². The normalized spacial score (nSPS) is 22.8. The van der Waals surface area contributed by atoms with Crippen LogP contribution >= 0.6 is 0 Å². The first-order valence-electron chi connectivity index (χ1n) is 24.1. The zero-order valence-electron chi connectivity index (χ0n) is 40.7. The molecule has 0 radical (unpaired) electrons. The monoisotopic (exact) mass is 873 g/mol. The van der Waals surface area contributed by atoms with Gasteiger partial charge < -0.3 is 19.9 Å². The molecule has 1 saturated heterocycles. The number of rotatable bonds is 20. The van der Waals surface area contributed by atoms with Gasteiger partial charge in [-0.2, -0.15) is 0 Å². The Morgan fingerprint density at radius 3 is 2.19 bits per heavy atom. The molecule has 1 fully saturated rings. The van der Waals surface area contributed by atoms with E-state index in [1.165, 1.54) is 57.6 Å². The highest BCUT2D eigenvalue weighted by molar-refractivity contribution is 6.24. The van der Waals surface area contributed by atoms with E-state index in [0.29, 0.717) is 29.0 Å². The third-order valence-corrected chi connectivity index (χ3v) is 14.3. The Morgan fingerprint density at radius 1 is 0.875 bits per heavy atom. The van der Waals surface area contributed by atoms with Crippen LogP contribution in [0, 0.1) is 35.5 Å². The Morgan fingerprint density at radius 2 is 1.53 bits per heavy atom. The molecule has 0 aromatic carbocycles. The smallest absolute Gasteiger partial charge is 0.321 e. The standard InChI is InChI=1S/C55H74N4O5/c1-13-39-35(8)42-28-44-37(10)41(24-25-48(60)64-27-26-34(7)23-17-22-33(6)21-16-20-32(5)19-15-18-31(3)4)52(58-44)50-51(55(62)63-12)54(61)49-38(11)45(59-53(49)50)30-47-40(14-2)36(9)43(57-47)29-46(39)56-42/h13,26,28-33,37,41,51,58,61H,1,14-25,27H2,2-12H3/b34-26+,44-28?,46-29?,47-30?,52-50?/t32-,33-,37+,41+,51-/m1/s1/i61+2. The fourth-order valence-corrected chi connectivity index (χ4v) is 10.2. The molecule has 64 heavy (non-hydrogen) atoms. The minimum Gasteiger partial charge on any atom is -0.510 e. The average molecular weight is 873 g/mol. The maximum atomic E-state index is 13.6. The predicted molar refractivity (Wildman–Crippen MR) is 262 cm³/mol. The Bertz CT molecular complexity index is 2300. The molecule has 0 saturated carbocycles. The van der Waals surface area contributed by atoms with E-state index < -0.39 is 11.9 Å². The van der Waals surface area contributed by atoms with Crippen LogP contribution in [0.3, 0.4) is 0 Å². The summed E-state index contributed by atoms with van der Waals surface area (Å²) in [7, 11) is 1.33. The van der Waals surface area contributed by atoms with Crippen molar-refractivity contribution in [3.05, 3.63) is 116 Å². The minimum absolute atomic E-state index is 0.0838. The van der Waals surface area contributed by atoms with Gasteiger partial charge in [0.2, 0.25) is 0 Å². The topological polar surface area (TPSA) is 122 Å². The largest absolute Gasteiger partial charge is 0.510 e. The van der Waals surface area contributed by atoms with Crippen LogP contribution < -0.4 is 5.32 Å². The van der Waals surface area contributed by atoms with Gasteiger partial charge in [-0.15, -0.1) is 0 Å². The molecule has 0 aromatic heterocycles. The molecule has 1 aliphatic carbocycles. The van der Waals surface area contributed by atoms with E-state index in [1.807, 2.05) is 38.2 Å². The van der Waals surface area contributed by atoms with Gasteiger partial charge in [-0.05, 0) is 118 Å². The summed E-state index contributed by atoms with van der Waals surface area (Å²) < 4.78 is 11.1. The number of esters is 2. The van der Waals surface area contributed by atoms with E-state index in [-0.39, 0.29) is 36.6 Å². The highest BCUT2D eigenvalue weighted by Crippen LogP contribution is 2.49. The lowest BCUT2D eigenvalue weighted by molar-refractivity contribution is -0.144. The van der Waals surface area contributed by atoms with Gasteiger partial charge in [0.05, 0.1) is 41.3 Å². The van der Waals surface area contributed by atoms with Crippen molar-refractivity contribution in [1.82, 2.24) is 5.32 Å². The number of fused-ring (bicyclic) bond motifs is 5. The molecule has 2 N–H and O–H groups in total. The van der Waals surface area contributed by atoms with Crippen molar-refractivity contribution >= 4 is 29.1 Å². The molecule has 344 valence electrons. The molecule has 0 spiro atoms. The van der Waals surface area contributed by atoms with Crippen molar-refractivity contribution in [2.45, 2.75) is 146 Å². The first kappa shape index (κ1) is 48.4. The number of aliphatic hydroxyl groups excluding tert-OH is 1. The van der Waals surface area contributed by atoms with Gasteiger partial charge in [0.1, 0.15) is 18.3 Å². The second kappa shape index (κ2) is 21.3. The van der Waals surface area contributed by atoms with Crippen LogP contribution in [0.1, 0.15) is 146 Å². The lowest BCUT2D eigenvalue weighted by atomic mass is 9.84. The van der Waals surface area contributed by atoms with E-state index in [0.717, 1.165) is 99.1 Å². The summed E-state index contributed by atoms with van der Waals surface area (Å²) in [6.45, 7) is 26.2. The average Bonchev–Trinajstić information content (AvgIpc) is 3.99. The van der Waals surface area contributed by atoms with Gasteiger partial charge in [-0.3, -0.25) is 9.59 Å². The Hall–Kier alpha value is -5.05. The van der Waals surface area contributed by atoms with E-state index in [1.54, 1.807) is 0 Å². The summed E-state index contributed by atoms with van der Waals surface area (Å²) in [6, 6.07) is 0. The van der Waals surface area contributed by atoms with Crippen molar-refractivity contribution in [1.29, 1.82) is 0 Å². The number of hydrogen-bond donors (Lipinski definition) is 2. The van der Waals surface area contributed by atoms with Crippen molar-refractivity contribution < 1.29 is 24.2 Å². The summed E-state index contributed by atoms with van der Waals surface area (Å²) in [5.74, 6) is -0.0182. The van der Waals surface area contributed by atoms with Crippen LogP contribution in [-0.2, 0) is 19.1 Å². The summed E-state index contributed by atoms with van der Waals surface area (Å²) in [5.41, 5.74) is 13.3. The summed E-state index contributed by atoms with van der Waals surface area (Å²) in [5, 5.41) is 15.6. The number of nitrogens with zero attached hydrogens (tertiary/aromatic N) is 3. The lowest BCUT2D eigenvalue weighted by Gasteiger charge is -2.20. The first-order valence-corrected chi connectivity index (χ1v) is 24.1. The van der Waals surface area contributed by atoms with Crippen molar-refractivity contribution in [3.63, 3.8) is 0 Å². The van der Waals surface area contributed by atoms with Gasteiger partial charge in [-0.25, -0.2) is 15.0 Å². The number of nitrogens with one attached hydrogen (secondary N) is 1. The second-order valence-corrected chi connectivity index (χ2v) is 19.5. The van der Waals surface area contributed by atoms with Crippen LogP contribution in [0.5, 0.6) is 0 Å². The predicted octanol–water partition coefficient (Wildman–Crippen LogP) is 13.0. The molecule has 0 unspecified atom stereocenters. The van der Waals surface area contributed by atoms with Crippen molar-refractivity contribution in [3.8, 4) is 0 Å². The van der Waals surface area contributed by atoms with E-state index >= 15 is 0 Å². The number of aliphatic hydroxyl groups is 1. The van der Waals surface area contributed by atoms with E-state index in [9.17, 15) is 14.7 Å². The summed E-state index contributed by atoms with van der Waals surface area (Å²) >= 11 is 0. The maximum absolute atomic E-state index is 13.6. The Labute approximate surface area is 383 Å². The summed E-state index contributed by atoms with van der Waals surface area (Å²) in [4.78, 5) is 42.4. The molecule has 9 heteroatoms. The molecule has 6 rings (SSSR count). The van der Waals surface area contributed by atoms with Gasteiger partial charge >= 0.3 is 11.9 Å². The van der Waals surface area contributed by atoms with E-state index in [2.05, 4.69) is 73.4 Å². The Balaban J connectivity index is 1.20. The third-order valence-electron chi connectivity index (χ3n) is 14.3. The lowest BCUT2D eigenvalue weighted by Crippen LogP contribution is -2.25. The van der Waals surface area contributed by atoms with Crippen molar-refractivity contribution in [2.75, 3.05) is 13.7 Å². The molecule has 5 aliphatic heterocycles. The van der Waals surface area contributed by atoms with Crippen LogP contribution in [0.4, 0.5) is 0 Å². The van der Waals surface area contributed by atoms with Crippen molar-refractivity contribution in [2.24, 2.45) is 50.5 Å². The summed E-state index contributed by atoms with van der Waals surface area (Å²) in [6.07, 6.45) is 22.7. The van der Waals surface area contributed by atoms with Crippen LogP contribution in [0.25, 0.3) is 0 Å². The molecule has 5 atom stereocenters. The van der Waals surface area contributed by atoms with Crippen LogP contribution in [0.15, 0.2) is 131 Å². The number of allylic oxidation sites excluding steroid dienone is 12. The second-order valence-electron chi connectivity index (χ2n) is 19.5. The number of carbonyl (C=O) groups is 2. The number of hydrogen-bond acceptors (Lipinski definition) is 9. The number of carbonyl (C=O) groups excluding carboxylic acids is 2. The first-order chi connectivity index (χ1) is 30.6. The SMILES string of the molecule is C=CC1=C(C)C2=NC1=CC1=NC(=CC3=C(C)C4=C([18OH])[C@H](C(=O)OC)C(=C5NC(=C2)[C@@H](C)[C@@H]5CCC(=O)OC/C=C(\C)CCC[C@H](C)CCC[C@H](C)CCCC(C)C)C4=N3)C(CC)=C1C. The zero-order chi connectivity index (χ0) is 46.4. The van der Waals surface area contributed by atoms with Gasteiger partial charge in [0, 0.05) is 46.4 Å². The van der Waals surface area contributed by atoms with E-state index in [4.69, 9.17) is 24.5 Å².